The van der Waals surface area contributed by atoms with E-state index in [2.05, 4.69) is 0 Å². The molecule has 2 rings (SSSR count). The average molecular weight is 202 g/mol. The Morgan fingerprint density at radius 2 is 1.73 bits per heavy atom. The van der Waals surface area contributed by atoms with Crippen LogP contribution >= 0.6 is 0 Å². The van der Waals surface area contributed by atoms with Crippen molar-refractivity contribution in [1.82, 2.24) is 0 Å². The molecule has 78 valence electrons. The Morgan fingerprint density at radius 1 is 1.00 bits per heavy atom. The molecule has 0 heterocycles. The van der Waals surface area contributed by atoms with Gasteiger partial charge in [0, 0.05) is 13.0 Å². The van der Waals surface area contributed by atoms with Crippen LogP contribution in [-0.2, 0) is 0 Å². The van der Waals surface area contributed by atoms with Crippen molar-refractivity contribution < 1.29 is 10.2 Å². The SMILES string of the molecule is OCCC(O)c1ccc2ccccc2c1. The minimum Gasteiger partial charge on any atom is -0.396 e. The Bertz CT molecular complexity index is 451. The van der Waals surface area contributed by atoms with Crippen molar-refractivity contribution in [3.63, 3.8) is 0 Å². The Morgan fingerprint density at radius 3 is 2.47 bits per heavy atom. The molecule has 0 spiro atoms. The van der Waals surface area contributed by atoms with Crippen molar-refractivity contribution in [2.75, 3.05) is 6.61 Å². The van der Waals surface area contributed by atoms with E-state index in [-0.39, 0.29) is 6.61 Å². The fourth-order valence-corrected chi connectivity index (χ4v) is 1.70. The van der Waals surface area contributed by atoms with Gasteiger partial charge in [-0.05, 0) is 22.4 Å². The predicted octanol–water partition coefficient (Wildman–Crippen LogP) is 2.26. The van der Waals surface area contributed by atoms with Gasteiger partial charge in [-0.3, -0.25) is 0 Å². The molecule has 1 atom stereocenters. The van der Waals surface area contributed by atoms with Gasteiger partial charge in [-0.1, -0.05) is 36.4 Å². The van der Waals surface area contributed by atoms with Gasteiger partial charge in [-0.2, -0.15) is 0 Å². The minimum atomic E-state index is -0.570. The molecule has 0 fully saturated rings. The largest absolute Gasteiger partial charge is 0.396 e. The predicted molar refractivity (Wildman–Crippen MR) is 60.6 cm³/mol. The van der Waals surface area contributed by atoms with Gasteiger partial charge in [-0.25, -0.2) is 0 Å². The number of aliphatic hydroxyl groups is 2. The summed E-state index contributed by atoms with van der Waals surface area (Å²) >= 11 is 0. The molecule has 0 bridgehead atoms. The maximum Gasteiger partial charge on any atom is 0.0812 e. The summed E-state index contributed by atoms with van der Waals surface area (Å²) in [6.45, 7) is 0.00793. The third-order valence-electron chi connectivity index (χ3n) is 2.56. The third kappa shape index (κ3) is 2.17. The van der Waals surface area contributed by atoms with E-state index in [4.69, 9.17) is 5.11 Å². The topological polar surface area (TPSA) is 40.5 Å². The number of rotatable bonds is 3. The molecule has 0 saturated carbocycles. The molecule has 2 aromatic rings. The van der Waals surface area contributed by atoms with Gasteiger partial charge >= 0.3 is 0 Å². The highest BCUT2D eigenvalue weighted by molar-refractivity contribution is 5.83. The summed E-state index contributed by atoms with van der Waals surface area (Å²) in [5, 5.41) is 20.8. The van der Waals surface area contributed by atoms with Crippen LogP contribution in [-0.4, -0.2) is 16.8 Å². The molecule has 1 unspecified atom stereocenters. The van der Waals surface area contributed by atoms with Crippen LogP contribution in [0.3, 0.4) is 0 Å². The maximum absolute atomic E-state index is 9.72. The molecule has 0 aromatic heterocycles. The summed E-state index contributed by atoms with van der Waals surface area (Å²) in [7, 11) is 0. The lowest BCUT2D eigenvalue weighted by molar-refractivity contribution is 0.134. The molecule has 2 N–H and O–H groups in total. The minimum absolute atomic E-state index is 0.00793. The van der Waals surface area contributed by atoms with Crippen molar-refractivity contribution in [1.29, 1.82) is 0 Å². The first kappa shape index (κ1) is 10.1. The summed E-state index contributed by atoms with van der Waals surface area (Å²) in [5.74, 6) is 0. The first-order chi connectivity index (χ1) is 7.31. The van der Waals surface area contributed by atoms with Crippen molar-refractivity contribution in [3.05, 3.63) is 48.0 Å². The van der Waals surface area contributed by atoms with Crippen molar-refractivity contribution in [3.8, 4) is 0 Å². The van der Waals surface area contributed by atoms with Gasteiger partial charge in [0.25, 0.3) is 0 Å². The lowest BCUT2D eigenvalue weighted by Crippen LogP contribution is -1.99. The first-order valence-electron chi connectivity index (χ1n) is 5.09. The molecule has 0 aliphatic rings. The summed E-state index contributed by atoms with van der Waals surface area (Å²) in [4.78, 5) is 0. The standard InChI is InChI=1S/C13H14O2/c14-8-7-13(15)12-6-5-10-3-1-2-4-11(10)9-12/h1-6,9,13-15H,7-8H2. The molecule has 2 heteroatoms. The van der Waals surface area contributed by atoms with E-state index in [0.29, 0.717) is 6.42 Å². The fraction of sp³-hybridized carbons (Fsp3) is 0.231. The average Bonchev–Trinajstić information content (AvgIpc) is 2.29. The monoisotopic (exact) mass is 202 g/mol. The van der Waals surface area contributed by atoms with E-state index in [0.717, 1.165) is 16.3 Å². The third-order valence-corrected chi connectivity index (χ3v) is 2.56. The van der Waals surface area contributed by atoms with Crippen LogP contribution in [0.4, 0.5) is 0 Å². The molecule has 15 heavy (non-hydrogen) atoms. The van der Waals surface area contributed by atoms with Gasteiger partial charge in [0.2, 0.25) is 0 Å². The van der Waals surface area contributed by atoms with Gasteiger partial charge in [0.1, 0.15) is 0 Å². The van der Waals surface area contributed by atoms with Gasteiger partial charge in [0.05, 0.1) is 6.10 Å². The van der Waals surface area contributed by atoms with Gasteiger partial charge in [0.15, 0.2) is 0 Å². The summed E-state index contributed by atoms with van der Waals surface area (Å²) in [6.07, 6.45) is -0.183. The molecule has 0 aliphatic carbocycles. The summed E-state index contributed by atoms with van der Waals surface area (Å²) in [6, 6.07) is 13.9. The van der Waals surface area contributed by atoms with Crippen LogP contribution in [0, 0.1) is 0 Å². The number of hydrogen-bond donors (Lipinski definition) is 2. The first-order valence-corrected chi connectivity index (χ1v) is 5.09. The quantitative estimate of drug-likeness (QED) is 0.801. The molecule has 0 radical (unpaired) electrons. The number of aliphatic hydroxyl groups excluding tert-OH is 2. The summed E-state index contributed by atoms with van der Waals surface area (Å²) < 4.78 is 0. The number of hydrogen-bond acceptors (Lipinski definition) is 2. The zero-order valence-corrected chi connectivity index (χ0v) is 8.43. The normalized spacial score (nSPS) is 12.9. The second kappa shape index (κ2) is 4.43. The zero-order valence-electron chi connectivity index (χ0n) is 8.43. The fourth-order valence-electron chi connectivity index (χ4n) is 1.70. The highest BCUT2D eigenvalue weighted by Gasteiger charge is 2.06. The lowest BCUT2D eigenvalue weighted by atomic mass is 10.0. The maximum atomic E-state index is 9.72. The highest BCUT2D eigenvalue weighted by Crippen LogP contribution is 2.21. The Labute approximate surface area is 88.8 Å². The second-order valence-electron chi connectivity index (χ2n) is 3.63. The van der Waals surface area contributed by atoms with Crippen LogP contribution < -0.4 is 0 Å². The van der Waals surface area contributed by atoms with E-state index >= 15 is 0 Å². The van der Waals surface area contributed by atoms with E-state index < -0.39 is 6.10 Å². The Kier molecular flexibility index (Phi) is 2.99. The molecule has 0 saturated heterocycles. The highest BCUT2D eigenvalue weighted by atomic mass is 16.3. The van der Waals surface area contributed by atoms with Crippen LogP contribution in [0.15, 0.2) is 42.5 Å². The van der Waals surface area contributed by atoms with Crippen LogP contribution in [0.1, 0.15) is 18.1 Å². The van der Waals surface area contributed by atoms with E-state index in [9.17, 15) is 5.11 Å². The Balaban J connectivity index is 2.38. The van der Waals surface area contributed by atoms with Crippen molar-refractivity contribution >= 4 is 10.8 Å². The zero-order chi connectivity index (χ0) is 10.7. The van der Waals surface area contributed by atoms with Crippen molar-refractivity contribution in [2.24, 2.45) is 0 Å². The molecular formula is C13H14O2. The van der Waals surface area contributed by atoms with Gasteiger partial charge < -0.3 is 10.2 Å². The van der Waals surface area contributed by atoms with Crippen LogP contribution in [0.25, 0.3) is 10.8 Å². The number of fused-ring (bicyclic) bond motifs is 1. The lowest BCUT2D eigenvalue weighted by Gasteiger charge is -2.10. The summed E-state index contributed by atoms with van der Waals surface area (Å²) in [5.41, 5.74) is 0.864. The molecular weight excluding hydrogens is 188 g/mol. The van der Waals surface area contributed by atoms with Crippen LogP contribution in [0.5, 0.6) is 0 Å². The Hall–Kier alpha value is -1.38. The van der Waals surface area contributed by atoms with Crippen molar-refractivity contribution in [2.45, 2.75) is 12.5 Å². The molecule has 0 aliphatic heterocycles. The molecule has 2 nitrogen and oxygen atoms in total. The van der Waals surface area contributed by atoms with Crippen LogP contribution in [0.2, 0.25) is 0 Å². The van der Waals surface area contributed by atoms with E-state index in [1.54, 1.807) is 0 Å². The number of benzene rings is 2. The molecule has 0 amide bonds. The van der Waals surface area contributed by atoms with Gasteiger partial charge in [-0.15, -0.1) is 0 Å². The molecule has 2 aromatic carbocycles. The van der Waals surface area contributed by atoms with E-state index in [1.165, 1.54) is 0 Å². The van der Waals surface area contributed by atoms with E-state index in [1.807, 2.05) is 42.5 Å². The smallest absolute Gasteiger partial charge is 0.0812 e. The second-order valence-corrected chi connectivity index (χ2v) is 3.63.